The van der Waals surface area contributed by atoms with Gasteiger partial charge in [0.15, 0.2) is 0 Å². The molecule has 70 valence electrons. The van der Waals surface area contributed by atoms with E-state index in [1.54, 1.807) is 0 Å². The van der Waals surface area contributed by atoms with Crippen molar-refractivity contribution in [3.8, 4) is 0 Å². The highest BCUT2D eigenvalue weighted by Crippen LogP contribution is 2.60. The number of rotatable bonds is 4. The molecule has 0 saturated heterocycles. The average Bonchev–Trinajstić information content (AvgIpc) is 2.72. The molecule has 0 heterocycles. The Labute approximate surface area is 78.9 Å². The van der Waals surface area contributed by atoms with Crippen molar-refractivity contribution in [2.75, 3.05) is 18.6 Å². The first-order chi connectivity index (χ1) is 5.79. The molecule has 2 fully saturated rings. The molecule has 0 aliphatic heterocycles. The second kappa shape index (κ2) is 3.22. The molecule has 2 atom stereocenters. The summed E-state index contributed by atoms with van der Waals surface area (Å²) < 4.78 is 0. The molecule has 0 amide bonds. The van der Waals surface area contributed by atoms with Gasteiger partial charge in [0.2, 0.25) is 0 Å². The second-order valence-corrected chi connectivity index (χ2v) is 5.55. The van der Waals surface area contributed by atoms with E-state index in [9.17, 15) is 5.11 Å². The van der Waals surface area contributed by atoms with Crippen molar-refractivity contribution >= 4 is 11.8 Å². The number of hydrogen-bond acceptors (Lipinski definition) is 2. The van der Waals surface area contributed by atoms with Gasteiger partial charge in [-0.15, -0.1) is 0 Å². The number of fused-ring (bicyclic) bond motifs is 1. The molecule has 2 aliphatic carbocycles. The van der Waals surface area contributed by atoms with Crippen LogP contribution < -0.4 is 0 Å². The van der Waals surface area contributed by atoms with Crippen molar-refractivity contribution in [1.29, 1.82) is 0 Å². The van der Waals surface area contributed by atoms with Gasteiger partial charge >= 0.3 is 0 Å². The molecule has 0 aromatic carbocycles. The van der Waals surface area contributed by atoms with Crippen LogP contribution in [0.2, 0.25) is 0 Å². The molecule has 2 heteroatoms. The van der Waals surface area contributed by atoms with E-state index in [4.69, 9.17) is 0 Å². The predicted octanol–water partition coefficient (Wildman–Crippen LogP) is 2.15. The summed E-state index contributed by atoms with van der Waals surface area (Å²) in [7, 11) is 0. The quantitative estimate of drug-likeness (QED) is 0.726. The van der Waals surface area contributed by atoms with Crippen LogP contribution in [0.15, 0.2) is 0 Å². The summed E-state index contributed by atoms with van der Waals surface area (Å²) in [5.41, 5.74) is 0.344. The molecule has 0 bridgehead atoms. The Kier molecular flexibility index (Phi) is 2.39. The monoisotopic (exact) mass is 186 g/mol. The number of aliphatic hydroxyl groups excluding tert-OH is 1. The lowest BCUT2D eigenvalue weighted by molar-refractivity contribution is 0.114. The molecule has 0 aromatic rings. The topological polar surface area (TPSA) is 20.2 Å². The Hall–Kier alpha value is 0.310. The molecule has 2 rings (SSSR count). The third-order valence-electron chi connectivity index (χ3n) is 3.63. The molecular formula is C10H18OS. The zero-order valence-electron chi connectivity index (χ0n) is 7.75. The average molecular weight is 186 g/mol. The Bertz CT molecular complexity index is 159. The van der Waals surface area contributed by atoms with E-state index in [2.05, 4.69) is 6.26 Å². The maximum Gasteiger partial charge on any atom is 0.0487 e. The van der Waals surface area contributed by atoms with Crippen LogP contribution >= 0.6 is 11.8 Å². The summed E-state index contributed by atoms with van der Waals surface area (Å²) in [5.74, 6) is 3.22. The van der Waals surface area contributed by atoms with Crippen LogP contribution in [0.5, 0.6) is 0 Å². The van der Waals surface area contributed by atoms with Gasteiger partial charge < -0.3 is 5.11 Å². The fourth-order valence-corrected chi connectivity index (χ4v) is 3.37. The van der Waals surface area contributed by atoms with Crippen LogP contribution in [0.4, 0.5) is 0 Å². The van der Waals surface area contributed by atoms with E-state index in [1.807, 2.05) is 11.8 Å². The molecule has 1 nitrogen and oxygen atoms in total. The minimum absolute atomic E-state index is 0.344. The molecule has 0 aromatic heterocycles. The van der Waals surface area contributed by atoms with Crippen molar-refractivity contribution in [1.82, 2.24) is 0 Å². The van der Waals surface area contributed by atoms with Gasteiger partial charge in [-0.25, -0.2) is 0 Å². The van der Waals surface area contributed by atoms with E-state index in [-0.39, 0.29) is 0 Å². The van der Waals surface area contributed by atoms with E-state index in [1.165, 1.54) is 31.4 Å². The molecule has 2 saturated carbocycles. The fraction of sp³-hybridized carbons (Fsp3) is 1.00. The van der Waals surface area contributed by atoms with Gasteiger partial charge in [-0.3, -0.25) is 0 Å². The third kappa shape index (κ3) is 1.51. The standard InChI is InChI=1S/C10H18OS/c1-12-3-2-10(7-11)5-8-4-9(8)6-10/h8-9,11H,2-7H2,1H3. The lowest BCUT2D eigenvalue weighted by Gasteiger charge is -2.28. The predicted molar refractivity (Wildman–Crippen MR) is 53.3 cm³/mol. The summed E-state index contributed by atoms with van der Waals surface area (Å²) in [6.07, 6.45) is 7.48. The Morgan fingerprint density at radius 1 is 1.42 bits per heavy atom. The van der Waals surface area contributed by atoms with E-state index in [0.29, 0.717) is 12.0 Å². The number of thioether (sulfide) groups is 1. The maximum atomic E-state index is 9.37. The largest absolute Gasteiger partial charge is 0.396 e. The van der Waals surface area contributed by atoms with E-state index >= 15 is 0 Å². The zero-order valence-corrected chi connectivity index (χ0v) is 8.57. The first-order valence-corrected chi connectivity index (χ1v) is 6.29. The molecule has 0 spiro atoms. The summed E-state index contributed by atoms with van der Waals surface area (Å²) >= 11 is 1.91. The van der Waals surface area contributed by atoms with Gasteiger partial charge in [0.25, 0.3) is 0 Å². The van der Waals surface area contributed by atoms with Gasteiger partial charge in [-0.05, 0) is 54.9 Å². The molecule has 2 unspecified atom stereocenters. The van der Waals surface area contributed by atoms with Crippen LogP contribution in [-0.2, 0) is 0 Å². The first kappa shape index (κ1) is 8.89. The van der Waals surface area contributed by atoms with Crippen LogP contribution in [-0.4, -0.2) is 23.7 Å². The smallest absolute Gasteiger partial charge is 0.0487 e. The summed E-state index contributed by atoms with van der Waals surface area (Å²) in [5, 5.41) is 9.37. The Morgan fingerprint density at radius 3 is 2.58 bits per heavy atom. The molecule has 2 aliphatic rings. The van der Waals surface area contributed by atoms with Crippen LogP contribution in [0.1, 0.15) is 25.7 Å². The lowest BCUT2D eigenvalue weighted by Crippen LogP contribution is -2.24. The van der Waals surface area contributed by atoms with Crippen molar-refractivity contribution in [2.45, 2.75) is 25.7 Å². The Balaban J connectivity index is 1.87. The Morgan fingerprint density at radius 2 is 2.08 bits per heavy atom. The molecule has 12 heavy (non-hydrogen) atoms. The fourth-order valence-electron chi connectivity index (χ4n) is 2.74. The van der Waals surface area contributed by atoms with Crippen LogP contribution in [0.25, 0.3) is 0 Å². The maximum absolute atomic E-state index is 9.37. The third-order valence-corrected chi connectivity index (χ3v) is 4.24. The molecular weight excluding hydrogens is 168 g/mol. The minimum atomic E-state index is 0.344. The first-order valence-electron chi connectivity index (χ1n) is 4.89. The van der Waals surface area contributed by atoms with Gasteiger partial charge in [0.05, 0.1) is 0 Å². The van der Waals surface area contributed by atoms with Gasteiger partial charge in [0, 0.05) is 6.61 Å². The van der Waals surface area contributed by atoms with Gasteiger partial charge in [0.1, 0.15) is 0 Å². The molecule has 0 radical (unpaired) electrons. The lowest BCUT2D eigenvalue weighted by atomic mass is 9.81. The van der Waals surface area contributed by atoms with Crippen molar-refractivity contribution in [3.63, 3.8) is 0 Å². The zero-order chi connectivity index (χ0) is 8.60. The van der Waals surface area contributed by atoms with E-state index in [0.717, 1.165) is 11.8 Å². The summed E-state index contributed by atoms with van der Waals surface area (Å²) in [6, 6.07) is 0. The highest BCUT2D eigenvalue weighted by molar-refractivity contribution is 7.98. The van der Waals surface area contributed by atoms with Gasteiger partial charge in [-0.1, -0.05) is 0 Å². The van der Waals surface area contributed by atoms with Crippen LogP contribution in [0, 0.1) is 17.3 Å². The molecule has 1 N–H and O–H groups in total. The SMILES string of the molecule is CSCCC1(CO)CC2CC2C1. The highest BCUT2D eigenvalue weighted by Gasteiger charge is 2.52. The second-order valence-electron chi connectivity index (χ2n) is 4.57. The highest BCUT2D eigenvalue weighted by atomic mass is 32.2. The van der Waals surface area contributed by atoms with E-state index < -0.39 is 0 Å². The van der Waals surface area contributed by atoms with Crippen LogP contribution in [0.3, 0.4) is 0 Å². The number of hydrogen-bond donors (Lipinski definition) is 1. The number of aliphatic hydroxyl groups is 1. The minimum Gasteiger partial charge on any atom is -0.396 e. The van der Waals surface area contributed by atoms with Gasteiger partial charge in [-0.2, -0.15) is 11.8 Å². The van der Waals surface area contributed by atoms with Crippen molar-refractivity contribution < 1.29 is 5.11 Å². The normalized spacial score (nSPS) is 44.5. The summed E-state index contributed by atoms with van der Waals surface area (Å²) in [4.78, 5) is 0. The summed E-state index contributed by atoms with van der Waals surface area (Å²) in [6.45, 7) is 0.431. The van der Waals surface area contributed by atoms with Crippen molar-refractivity contribution in [3.05, 3.63) is 0 Å². The van der Waals surface area contributed by atoms with Crippen molar-refractivity contribution in [2.24, 2.45) is 17.3 Å².